The molecule has 0 atom stereocenters. The number of oxazole rings is 1. The van der Waals surface area contributed by atoms with Crippen molar-refractivity contribution in [2.75, 3.05) is 6.61 Å². The van der Waals surface area contributed by atoms with Gasteiger partial charge >= 0.3 is 5.97 Å². The highest BCUT2D eigenvalue weighted by Crippen LogP contribution is 2.17. The molecule has 0 saturated heterocycles. The van der Waals surface area contributed by atoms with E-state index in [4.69, 9.17) is 9.15 Å². The van der Waals surface area contributed by atoms with Crippen LogP contribution in [0.25, 0.3) is 17.2 Å². The maximum Gasteiger partial charge on any atom is 0.331 e. The van der Waals surface area contributed by atoms with Crippen LogP contribution in [0.3, 0.4) is 0 Å². The summed E-state index contributed by atoms with van der Waals surface area (Å²) in [5.74, 6) is -0.536. The molecule has 0 spiro atoms. The number of esters is 1. The molecule has 0 aliphatic rings. The van der Waals surface area contributed by atoms with E-state index in [1.54, 1.807) is 6.07 Å². The molecule has 0 N–H and O–H groups in total. The van der Waals surface area contributed by atoms with Crippen molar-refractivity contribution in [2.45, 2.75) is 20.8 Å². The molecule has 0 unspecified atom stereocenters. The smallest absolute Gasteiger partial charge is 0.331 e. The number of nitrogens with zero attached hydrogens (tertiary/aromatic N) is 1. The third-order valence-electron chi connectivity index (χ3n) is 3.97. The van der Waals surface area contributed by atoms with Gasteiger partial charge < -0.3 is 9.15 Å². The van der Waals surface area contributed by atoms with Crippen LogP contribution in [0.1, 0.15) is 32.9 Å². The number of rotatable bonds is 5. The van der Waals surface area contributed by atoms with Crippen LogP contribution in [-0.4, -0.2) is 23.3 Å². The zero-order chi connectivity index (χ0) is 18.7. The second kappa shape index (κ2) is 7.35. The van der Waals surface area contributed by atoms with E-state index in [1.165, 1.54) is 12.2 Å². The molecular weight excluding hydrogens is 330 g/mol. The standard InChI is InChI=1S/C21H19NO4/c1-13-10-14(2)21(15(3)11-13)17(23)12-25-20(24)9-8-19-22-16-6-4-5-7-18(16)26-19/h4-11H,12H2,1-3H3/b9-8+. The number of carbonyl (C=O) groups is 2. The number of ketones is 1. The fourth-order valence-corrected chi connectivity index (χ4v) is 2.98. The van der Waals surface area contributed by atoms with Gasteiger partial charge in [0.2, 0.25) is 11.7 Å². The number of para-hydroxylation sites is 2. The van der Waals surface area contributed by atoms with Crippen LogP contribution in [0, 0.1) is 20.8 Å². The van der Waals surface area contributed by atoms with Gasteiger partial charge in [-0.3, -0.25) is 4.79 Å². The lowest BCUT2D eigenvalue weighted by Gasteiger charge is -2.10. The monoisotopic (exact) mass is 349 g/mol. The van der Waals surface area contributed by atoms with Gasteiger partial charge in [0, 0.05) is 17.7 Å². The highest BCUT2D eigenvalue weighted by Gasteiger charge is 2.14. The summed E-state index contributed by atoms with van der Waals surface area (Å²) in [6.45, 7) is 5.43. The molecule has 26 heavy (non-hydrogen) atoms. The first-order valence-corrected chi connectivity index (χ1v) is 8.25. The highest BCUT2D eigenvalue weighted by atomic mass is 16.5. The summed E-state index contributed by atoms with van der Waals surface area (Å²) in [7, 11) is 0. The lowest BCUT2D eigenvalue weighted by atomic mass is 9.97. The number of ether oxygens (including phenoxy) is 1. The number of carbonyl (C=O) groups excluding carboxylic acids is 2. The summed E-state index contributed by atoms with van der Waals surface area (Å²) >= 11 is 0. The van der Waals surface area contributed by atoms with Crippen LogP contribution in [0.4, 0.5) is 0 Å². The van der Waals surface area contributed by atoms with Gasteiger partial charge in [-0.1, -0.05) is 29.8 Å². The van der Waals surface area contributed by atoms with Crippen molar-refractivity contribution >= 4 is 28.9 Å². The van der Waals surface area contributed by atoms with E-state index < -0.39 is 5.97 Å². The molecule has 1 heterocycles. The lowest BCUT2D eigenvalue weighted by molar-refractivity contribution is -0.136. The Morgan fingerprint density at radius 1 is 1.12 bits per heavy atom. The topological polar surface area (TPSA) is 69.4 Å². The molecule has 0 amide bonds. The van der Waals surface area contributed by atoms with Crippen molar-refractivity contribution in [1.29, 1.82) is 0 Å². The highest BCUT2D eigenvalue weighted by molar-refractivity contribution is 6.01. The Hall–Kier alpha value is -3.21. The molecule has 0 aliphatic heterocycles. The molecule has 0 fully saturated rings. The maximum absolute atomic E-state index is 12.4. The van der Waals surface area contributed by atoms with E-state index in [1.807, 2.05) is 51.1 Å². The Labute approximate surface area is 151 Å². The van der Waals surface area contributed by atoms with E-state index in [-0.39, 0.29) is 12.4 Å². The maximum atomic E-state index is 12.4. The largest absolute Gasteiger partial charge is 0.454 e. The number of hydrogen-bond acceptors (Lipinski definition) is 5. The van der Waals surface area contributed by atoms with E-state index in [9.17, 15) is 9.59 Å². The molecule has 2 aromatic carbocycles. The zero-order valence-corrected chi connectivity index (χ0v) is 14.9. The quantitative estimate of drug-likeness (QED) is 0.392. The first-order chi connectivity index (χ1) is 12.4. The van der Waals surface area contributed by atoms with Crippen molar-refractivity contribution in [2.24, 2.45) is 0 Å². The van der Waals surface area contributed by atoms with E-state index in [2.05, 4.69) is 4.98 Å². The zero-order valence-electron chi connectivity index (χ0n) is 14.9. The first kappa shape index (κ1) is 17.6. The molecule has 0 saturated carbocycles. The van der Waals surface area contributed by atoms with E-state index >= 15 is 0 Å². The van der Waals surface area contributed by atoms with Gasteiger partial charge in [-0.2, -0.15) is 0 Å². The number of aryl methyl sites for hydroxylation is 3. The van der Waals surface area contributed by atoms with Gasteiger partial charge in [0.15, 0.2) is 12.2 Å². The van der Waals surface area contributed by atoms with Crippen LogP contribution >= 0.6 is 0 Å². The Bertz CT molecular complexity index is 958. The molecule has 5 nitrogen and oxygen atoms in total. The second-order valence-electron chi connectivity index (χ2n) is 6.16. The summed E-state index contributed by atoms with van der Waals surface area (Å²) in [5, 5.41) is 0. The molecule has 3 aromatic rings. The summed E-state index contributed by atoms with van der Waals surface area (Å²) in [6, 6.07) is 11.2. The molecule has 132 valence electrons. The predicted octanol–water partition coefficient (Wildman–Crippen LogP) is 4.19. The van der Waals surface area contributed by atoms with Crippen molar-refractivity contribution in [1.82, 2.24) is 4.98 Å². The van der Waals surface area contributed by atoms with Crippen LogP contribution in [0.15, 0.2) is 46.9 Å². The number of fused-ring (bicyclic) bond motifs is 1. The third-order valence-corrected chi connectivity index (χ3v) is 3.97. The number of aromatic nitrogens is 1. The molecule has 1 aromatic heterocycles. The average molecular weight is 349 g/mol. The van der Waals surface area contributed by atoms with Gasteiger partial charge in [0.05, 0.1) is 0 Å². The van der Waals surface area contributed by atoms with Gasteiger partial charge in [-0.05, 0) is 44.0 Å². The minimum absolute atomic E-state index is 0.219. The van der Waals surface area contributed by atoms with Crippen LogP contribution < -0.4 is 0 Å². The minimum atomic E-state index is -0.622. The normalized spacial score (nSPS) is 11.2. The first-order valence-electron chi connectivity index (χ1n) is 8.25. The number of benzene rings is 2. The SMILES string of the molecule is Cc1cc(C)c(C(=O)COC(=O)/C=C/c2nc3ccccc3o2)c(C)c1. The van der Waals surface area contributed by atoms with E-state index in [0.717, 1.165) is 16.7 Å². The fraction of sp³-hybridized carbons (Fsp3) is 0.190. The average Bonchev–Trinajstić information content (AvgIpc) is 3.00. The molecule has 0 bridgehead atoms. The van der Waals surface area contributed by atoms with Gasteiger partial charge in [-0.25, -0.2) is 9.78 Å². The molecular formula is C21H19NO4. The summed E-state index contributed by atoms with van der Waals surface area (Å²) in [5.41, 5.74) is 4.80. The van der Waals surface area contributed by atoms with Gasteiger partial charge in [-0.15, -0.1) is 0 Å². The fourth-order valence-electron chi connectivity index (χ4n) is 2.98. The Morgan fingerprint density at radius 3 is 2.50 bits per heavy atom. The number of Topliss-reactive ketones (excluding diaryl/α,β-unsaturated/α-hetero) is 1. The lowest BCUT2D eigenvalue weighted by Crippen LogP contribution is -2.15. The Balaban J connectivity index is 1.62. The third kappa shape index (κ3) is 3.88. The molecule has 0 radical (unpaired) electrons. The van der Waals surface area contributed by atoms with Crippen LogP contribution in [0.2, 0.25) is 0 Å². The van der Waals surface area contributed by atoms with Crippen molar-refractivity contribution in [3.05, 3.63) is 70.6 Å². The summed E-state index contributed by atoms with van der Waals surface area (Å²) in [4.78, 5) is 28.5. The summed E-state index contributed by atoms with van der Waals surface area (Å²) in [6.07, 6.45) is 2.63. The molecule has 3 rings (SSSR count). The Kier molecular flexibility index (Phi) is 4.98. The van der Waals surface area contributed by atoms with Crippen LogP contribution in [0.5, 0.6) is 0 Å². The van der Waals surface area contributed by atoms with Gasteiger partial charge in [0.25, 0.3) is 0 Å². The Morgan fingerprint density at radius 2 is 1.81 bits per heavy atom. The number of hydrogen-bond donors (Lipinski definition) is 0. The molecule has 5 heteroatoms. The van der Waals surface area contributed by atoms with E-state index in [0.29, 0.717) is 22.6 Å². The van der Waals surface area contributed by atoms with Crippen molar-refractivity contribution < 1.29 is 18.7 Å². The molecule has 0 aliphatic carbocycles. The van der Waals surface area contributed by atoms with Crippen LogP contribution in [-0.2, 0) is 9.53 Å². The van der Waals surface area contributed by atoms with Crippen molar-refractivity contribution in [3.8, 4) is 0 Å². The second-order valence-corrected chi connectivity index (χ2v) is 6.16. The van der Waals surface area contributed by atoms with Gasteiger partial charge in [0.1, 0.15) is 5.52 Å². The van der Waals surface area contributed by atoms with Crippen molar-refractivity contribution in [3.63, 3.8) is 0 Å². The predicted molar refractivity (Wildman–Crippen MR) is 99.0 cm³/mol. The summed E-state index contributed by atoms with van der Waals surface area (Å²) < 4.78 is 10.5. The minimum Gasteiger partial charge on any atom is -0.454 e.